The van der Waals surface area contributed by atoms with Crippen molar-refractivity contribution in [2.75, 3.05) is 19.8 Å². The molecule has 2 rings (SSSR count). The third-order valence-electron chi connectivity index (χ3n) is 6.59. The predicted octanol–water partition coefficient (Wildman–Crippen LogP) is 5.24. The summed E-state index contributed by atoms with van der Waals surface area (Å²) in [6.45, 7) is 10.1. The highest BCUT2D eigenvalue weighted by Crippen LogP contribution is 2.36. The molecule has 0 atom stereocenters. The lowest BCUT2D eigenvalue weighted by atomic mass is 9.79. The molecule has 0 bridgehead atoms. The van der Waals surface area contributed by atoms with Gasteiger partial charge in [-0.1, -0.05) is 81.3 Å². The Balaban J connectivity index is 1.92. The van der Waals surface area contributed by atoms with Crippen LogP contribution in [-0.2, 0) is 26.3 Å². The molecule has 0 fully saturated rings. The van der Waals surface area contributed by atoms with Crippen molar-refractivity contribution in [1.82, 2.24) is 10.6 Å². The Morgan fingerprint density at radius 1 is 1.10 bits per heavy atom. The van der Waals surface area contributed by atoms with Crippen LogP contribution in [-0.4, -0.2) is 48.6 Å². The highest BCUT2D eigenvalue weighted by atomic mass is 16.5. The molecule has 0 aromatic heterocycles. The summed E-state index contributed by atoms with van der Waals surface area (Å²) >= 11 is 0. The molecular weight excluding hydrogens is 494 g/mol. The fraction of sp³-hybridized carbons (Fsp3) is 0.387. The third-order valence-corrected chi connectivity index (χ3v) is 6.59. The van der Waals surface area contributed by atoms with Gasteiger partial charge in [-0.15, -0.1) is 0 Å². The van der Waals surface area contributed by atoms with E-state index in [4.69, 9.17) is 9.94 Å². The van der Waals surface area contributed by atoms with Gasteiger partial charge in [0, 0.05) is 30.8 Å². The van der Waals surface area contributed by atoms with Crippen LogP contribution in [0.4, 0.5) is 0 Å². The first-order chi connectivity index (χ1) is 18.8. The van der Waals surface area contributed by atoms with Crippen molar-refractivity contribution in [1.29, 1.82) is 0 Å². The van der Waals surface area contributed by atoms with Crippen LogP contribution >= 0.6 is 0 Å². The number of ether oxygens (including phenoxy) is 1. The minimum Gasteiger partial charge on any atom is -0.507 e. The number of phenols is 1. The zero-order valence-corrected chi connectivity index (χ0v) is 23.0. The molecule has 8 nitrogen and oxygen atoms in total. The van der Waals surface area contributed by atoms with Gasteiger partial charge in [-0.25, -0.2) is 0 Å². The molecule has 2 aromatic carbocycles. The summed E-state index contributed by atoms with van der Waals surface area (Å²) in [4.78, 5) is 22.5. The molecule has 0 radical (unpaired) electrons. The highest BCUT2D eigenvalue weighted by Gasteiger charge is 2.21. The summed E-state index contributed by atoms with van der Waals surface area (Å²) in [5, 5.41) is 27.7. The fourth-order valence-electron chi connectivity index (χ4n) is 4.24. The standard InChI is InChI=1S/C31H41N3O5/c1-4-25(14-16-34-38)30(37)33-22-24-10-9-11-26(20-24)28-13-12-27(21-29(28)36)31(2,3)15-7-5-6-8-18-39-19-17-32-23-35/h4,9-14,16,20-21,23,36,38H,1,5-8,15,17-19,22H2,2-3H3,(H,32,35)(H,33,37)/b25-14+,34-16+. The molecule has 0 heterocycles. The fourth-order valence-corrected chi connectivity index (χ4v) is 4.24. The van der Waals surface area contributed by atoms with Crippen LogP contribution in [0.25, 0.3) is 11.1 Å². The van der Waals surface area contributed by atoms with Gasteiger partial charge in [0.2, 0.25) is 6.41 Å². The number of carbonyl (C=O) groups is 2. The number of carbonyl (C=O) groups excluding carboxylic acids is 2. The van der Waals surface area contributed by atoms with Crippen LogP contribution in [0.2, 0.25) is 0 Å². The summed E-state index contributed by atoms with van der Waals surface area (Å²) in [5.74, 6) is -0.107. The lowest BCUT2D eigenvalue weighted by Gasteiger charge is -2.26. The molecule has 2 aromatic rings. The van der Waals surface area contributed by atoms with Gasteiger partial charge in [0.25, 0.3) is 5.91 Å². The Hall–Kier alpha value is -3.91. The zero-order chi connectivity index (χ0) is 28.5. The normalized spacial score (nSPS) is 11.9. The number of allylic oxidation sites excluding steroid dienone is 1. The molecule has 0 aliphatic heterocycles. The Kier molecular flexibility index (Phi) is 13.5. The van der Waals surface area contributed by atoms with E-state index in [1.807, 2.05) is 36.4 Å². The molecule has 0 aliphatic carbocycles. The van der Waals surface area contributed by atoms with Crippen LogP contribution in [0.5, 0.6) is 5.75 Å². The van der Waals surface area contributed by atoms with E-state index < -0.39 is 0 Å². The number of hydrogen-bond donors (Lipinski definition) is 4. The first-order valence-electron chi connectivity index (χ1n) is 13.3. The molecule has 0 saturated heterocycles. The van der Waals surface area contributed by atoms with Gasteiger partial charge in [0.05, 0.1) is 12.8 Å². The zero-order valence-electron chi connectivity index (χ0n) is 23.0. The monoisotopic (exact) mass is 535 g/mol. The first kappa shape index (κ1) is 31.3. The number of unbranched alkanes of at least 4 members (excludes halogenated alkanes) is 3. The van der Waals surface area contributed by atoms with E-state index in [0.29, 0.717) is 32.7 Å². The molecule has 0 aliphatic rings. The number of phenolic OH excluding ortho intramolecular Hbond substituents is 1. The van der Waals surface area contributed by atoms with Gasteiger partial charge in [0.1, 0.15) is 5.75 Å². The topological polar surface area (TPSA) is 120 Å². The number of amides is 2. The number of rotatable bonds is 18. The van der Waals surface area contributed by atoms with Gasteiger partial charge in [-0.2, -0.15) is 0 Å². The molecule has 39 heavy (non-hydrogen) atoms. The van der Waals surface area contributed by atoms with Crippen LogP contribution in [0.3, 0.4) is 0 Å². The lowest BCUT2D eigenvalue weighted by molar-refractivity contribution is -0.117. The van der Waals surface area contributed by atoms with Crippen molar-refractivity contribution < 1.29 is 24.6 Å². The second-order valence-electron chi connectivity index (χ2n) is 9.94. The number of nitrogens with one attached hydrogen (secondary N) is 2. The van der Waals surface area contributed by atoms with Gasteiger partial charge < -0.3 is 25.7 Å². The van der Waals surface area contributed by atoms with Gasteiger partial charge in [-0.05, 0) is 53.2 Å². The first-order valence-corrected chi connectivity index (χ1v) is 13.3. The number of hydrogen-bond acceptors (Lipinski definition) is 6. The van der Waals surface area contributed by atoms with Crippen LogP contribution in [0.15, 0.2) is 71.9 Å². The molecule has 2 amide bonds. The van der Waals surface area contributed by atoms with E-state index in [0.717, 1.165) is 60.6 Å². The Labute approximate surface area is 231 Å². The molecule has 210 valence electrons. The van der Waals surface area contributed by atoms with Crippen molar-refractivity contribution in [3.8, 4) is 16.9 Å². The summed E-state index contributed by atoms with van der Waals surface area (Å²) in [6, 6.07) is 13.6. The van der Waals surface area contributed by atoms with Crippen molar-refractivity contribution >= 4 is 18.5 Å². The quantitative estimate of drug-likeness (QED) is 0.0396. The molecular formula is C31H41N3O5. The predicted molar refractivity (Wildman–Crippen MR) is 155 cm³/mol. The summed E-state index contributed by atoms with van der Waals surface area (Å²) in [5.41, 5.74) is 3.78. The maximum atomic E-state index is 12.3. The van der Waals surface area contributed by atoms with E-state index in [2.05, 4.69) is 42.3 Å². The molecule has 0 unspecified atom stereocenters. The Bertz CT molecular complexity index is 1140. The van der Waals surface area contributed by atoms with E-state index in [1.54, 1.807) is 0 Å². The van der Waals surface area contributed by atoms with Gasteiger partial charge in [0.15, 0.2) is 0 Å². The number of aromatic hydroxyl groups is 1. The van der Waals surface area contributed by atoms with E-state index in [-0.39, 0.29) is 22.6 Å². The van der Waals surface area contributed by atoms with Crippen LogP contribution in [0, 0.1) is 0 Å². The Morgan fingerprint density at radius 3 is 2.62 bits per heavy atom. The number of oxime groups is 1. The summed E-state index contributed by atoms with van der Waals surface area (Å²) in [7, 11) is 0. The van der Waals surface area contributed by atoms with Crippen LogP contribution < -0.4 is 10.6 Å². The van der Waals surface area contributed by atoms with E-state index >= 15 is 0 Å². The van der Waals surface area contributed by atoms with Crippen molar-refractivity contribution in [3.63, 3.8) is 0 Å². The summed E-state index contributed by atoms with van der Waals surface area (Å²) < 4.78 is 5.49. The average Bonchev–Trinajstić information content (AvgIpc) is 2.93. The van der Waals surface area contributed by atoms with E-state index in [1.165, 1.54) is 12.2 Å². The third kappa shape index (κ3) is 10.8. The smallest absolute Gasteiger partial charge is 0.251 e. The minimum absolute atomic E-state index is 0.0732. The van der Waals surface area contributed by atoms with Gasteiger partial charge in [-0.3, -0.25) is 9.59 Å². The van der Waals surface area contributed by atoms with Crippen molar-refractivity contribution in [3.05, 3.63) is 77.9 Å². The highest BCUT2D eigenvalue weighted by molar-refractivity contribution is 5.99. The SMILES string of the molecule is C=C/C(=C\C=N\O)C(=O)NCc1cccc(-c2ccc(C(C)(C)CCCCCCOCCNC=O)cc2O)c1. The van der Waals surface area contributed by atoms with Gasteiger partial charge >= 0.3 is 0 Å². The maximum Gasteiger partial charge on any atom is 0.251 e. The maximum absolute atomic E-state index is 12.3. The average molecular weight is 536 g/mol. The minimum atomic E-state index is -0.332. The molecule has 0 saturated carbocycles. The van der Waals surface area contributed by atoms with E-state index in [9.17, 15) is 14.7 Å². The Morgan fingerprint density at radius 2 is 1.90 bits per heavy atom. The number of benzene rings is 2. The number of nitrogens with zero attached hydrogens (tertiary/aromatic N) is 1. The largest absolute Gasteiger partial charge is 0.507 e. The second kappa shape index (κ2) is 16.8. The molecule has 8 heteroatoms. The van der Waals surface area contributed by atoms with Crippen molar-refractivity contribution in [2.24, 2.45) is 5.16 Å². The van der Waals surface area contributed by atoms with Crippen LogP contribution in [0.1, 0.15) is 57.1 Å². The van der Waals surface area contributed by atoms with Crippen molar-refractivity contribution in [2.45, 2.75) is 57.9 Å². The second-order valence-corrected chi connectivity index (χ2v) is 9.94. The summed E-state index contributed by atoms with van der Waals surface area (Å²) in [6.07, 6.45) is 9.87. The lowest BCUT2D eigenvalue weighted by Crippen LogP contribution is -2.23. The molecule has 0 spiro atoms. The molecule has 4 N–H and O–H groups in total.